The highest BCUT2D eigenvalue weighted by Gasteiger charge is 2.14. The number of carbonyl (C=O) groups is 1. The number of nitrogens with one attached hydrogen (secondary N) is 2. The van der Waals surface area contributed by atoms with Crippen LogP contribution in [0.2, 0.25) is 0 Å². The highest BCUT2D eigenvalue weighted by Crippen LogP contribution is 2.11. The van der Waals surface area contributed by atoms with Crippen LogP contribution in [-0.2, 0) is 4.79 Å². The van der Waals surface area contributed by atoms with Gasteiger partial charge in [0.2, 0.25) is 0 Å². The lowest BCUT2D eigenvalue weighted by molar-refractivity contribution is -0.121. The average Bonchev–Trinajstić information content (AvgIpc) is 2.25. The third-order valence-electron chi connectivity index (χ3n) is 2.23. The molecular formula is C11H17N3O. The first-order valence-electron chi connectivity index (χ1n) is 5.01. The molecule has 0 aliphatic heterocycles. The van der Waals surface area contributed by atoms with E-state index in [-0.39, 0.29) is 11.9 Å². The molecule has 0 spiro atoms. The van der Waals surface area contributed by atoms with Gasteiger partial charge in [-0.3, -0.25) is 10.2 Å². The van der Waals surface area contributed by atoms with E-state index in [0.29, 0.717) is 6.42 Å². The summed E-state index contributed by atoms with van der Waals surface area (Å²) >= 11 is 0. The predicted molar refractivity (Wildman–Crippen MR) is 61.2 cm³/mol. The third-order valence-corrected chi connectivity index (χ3v) is 2.23. The van der Waals surface area contributed by atoms with Crippen molar-refractivity contribution < 1.29 is 4.79 Å². The van der Waals surface area contributed by atoms with Gasteiger partial charge in [-0.05, 0) is 31.0 Å². The number of nitrogens with two attached hydrogens (primary N) is 1. The number of benzene rings is 1. The van der Waals surface area contributed by atoms with E-state index < -0.39 is 0 Å². The van der Waals surface area contributed by atoms with Crippen LogP contribution in [0, 0.1) is 6.92 Å². The molecule has 0 saturated carbocycles. The average molecular weight is 207 g/mol. The minimum Gasteiger partial charge on any atom is -0.374 e. The molecule has 82 valence electrons. The fourth-order valence-corrected chi connectivity index (χ4v) is 1.39. The van der Waals surface area contributed by atoms with E-state index in [0.717, 1.165) is 11.3 Å². The number of carbonyl (C=O) groups excluding carboxylic acids is 1. The molecule has 4 N–H and O–H groups in total. The molecular weight excluding hydrogens is 190 g/mol. The quantitative estimate of drug-likeness (QED) is 0.394. The molecule has 0 unspecified atom stereocenters. The standard InChI is InChI=1S/C11H17N3O/c1-3-10(11(15)14-12)13-9-6-4-5-8(2)7-9/h4-7,10,13H,3,12H2,1-2H3,(H,14,15)/t10-/m1/s1. The normalized spacial score (nSPS) is 11.9. The van der Waals surface area contributed by atoms with Gasteiger partial charge in [-0.15, -0.1) is 0 Å². The minimum absolute atomic E-state index is 0.195. The number of hydrogen-bond acceptors (Lipinski definition) is 3. The van der Waals surface area contributed by atoms with Crippen LogP contribution in [0.3, 0.4) is 0 Å². The summed E-state index contributed by atoms with van der Waals surface area (Å²) in [6.45, 7) is 3.94. The summed E-state index contributed by atoms with van der Waals surface area (Å²) in [5.41, 5.74) is 4.24. The van der Waals surface area contributed by atoms with Crippen LogP contribution >= 0.6 is 0 Å². The molecule has 4 nitrogen and oxygen atoms in total. The molecule has 0 aliphatic carbocycles. The number of amides is 1. The molecule has 0 heterocycles. The summed E-state index contributed by atoms with van der Waals surface area (Å²) in [5, 5.41) is 3.13. The van der Waals surface area contributed by atoms with E-state index in [4.69, 9.17) is 5.84 Å². The summed E-state index contributed by atoms with van der Waals surface area (Å²) in [6.07, 6.45) is 0.691. The summed E-state index contributed by atoms with van der Waals surface area (Å²) < 4.78 is 0. The van der Waals surface area contributed by atoms with Gasteiger partial charge in [-0.25, -0.2) is 5.84 Å². The van der Waals surface area contributed by atoms with Gasteiger partial charge in [0.1, 0.15) is 6.04 Å². The largest absolute Gasteiger partial charge is 0.374 e. The minimum atomic E-state index is -0.281. The first-order valence-corrected chi connectivity index (χ1v) is 5.01. The number of rotatable bonds is 4. The van der Waals surface area contributed by atoms with Gasteiger partial charge in [0.15, 0.2) is 0 Å². The number of hydrogen-bond donors (Lipinski definition) is 3. The van der Waals surface area contributed by atoms with E-state index in [1.807, 2.05) is 38.1 Å². The van der Waals surface area contributed by atoms with Crippen LogP contribution in [0.4, 0.5) is 5.69 Å². The smallest absolute Gasteiger partial charge is 0.256 e. The Morgan fingerprint density at radius 2 is 2.27 bits per heavy atom. The van der Waals surface area contributed by atoms with Crippen LogP contribution in [0.1, 0.15) is 18.9 Å². The highest BCUT2D eigenvalue weighted by molar-refractivity contribution is 5.83. The van der Waals surface area contributed by atoms with Crippen molar-refractivity contribution in [2.75, 3.05) is 5.32 Å². The van der Waals surface area contributed by atoms with Crippen molar-refractivity contribution in [3.63, 3.8) is 0 Å². The second-order valence-electron chi connectivity index (χ2n) is 3.48. The van der Waals surface area contributed by atoms with Gasteiger partial charge in [0.25, 0.3) is 5.91 Å². The predicted octanol–water partition coefficient (Wildman–Crippen LogP) is 1.18. The van der Waals surface area contributed by atoms with Crippen LogP contribution < -0.4 is 16.6 Å². The molecule has 0 aliphatic rings. The Kier molecular flexibility index (Phi) is 4.12. The van der Waals surface area contributed by atoms with E-state index in [1.54, 1.807) is 0 Å². The molecule has 0 aromatic heterocycles. The van der Waals surface area contributed by atoms with Crippen molar-refractivity contribution in [1.29, 1.82) is 0 Å². The molecule has 4 heteroatoms. The Bertz CT molecular complexity index is 338. The molecule has 1 amide bonds. The van der Waals surface area contributed by atoms with Gasteiger partial charge in [0, 0.05) is 5.69 Å². The molecule has 0 bridgehead atoms. The maximum Gasteiger partial charge on any atom is 0.256 e. The van der Waals surface area contributed by atoms with E-state index >= 15 is 0 Å². The third kappa shape index (κ3) is 3.25. The van der Waals surface area contributed by atoms with Crippen molar-refractivity contribution in [2.45, 2.75) is 26.3 Å². The molecule has 0 saturated heterocycles. The Morgan fingerprint density at radius 1 is 1.53 bits per heavy atom. The van der Waals surface area contributed by atoms with Gasteiger partial charge < -0.3 is 5.32 Å². The summed E-state index contributed by atoms with van der Waals surface area (Å²) in [7, 11) is 0. The van der Waals surface area contributed by atoms with Crippen molar-refractivity contribution >= 4 is 11.6 Å². The highest BCUT2D eigenvalue weighted by atomic mass is 16.2. The van der Waals surface area contributed by atoms with Crippen LogP contribution in [0.15, 0.2) is 24.3 Å². The first kappa shape index (κ1) is 11.5. The molecule has 1 rings (SSSR count). The van der Waals surface area contributed by atoms with E-state index in [1.165, 1.54) is 0 Å². The zero-order valence-corrected chi connectivity index (χ0v) is 9.08. The van der Waals surface area contributed by atoms with E-state index in [2.05, 4.69) is 10.7 Å². The monoisotopic (exact) mass is 207 g/mol. The summed E-state index contributed by atoms with van der Waals surface area (Å²) in [5.74, 6) is 4.90. The van der Waals surface area contributed by atoms with Crippen molar-refractivity contribution in [3.8, 4) is 0 Å². The van der Waals surface area contributed by atoms with Gasteiger partial charge in [0.05, 0.1) is 0 Å². The van der Waals surface area contributed by atoms with Crippen LogP contribution in [-0.4, -0.2) is 11.9 Å². The van der Waals surface area contributed by atoms with E-state index in [9.17, 15) is 4.79 Å². The molecule has 15 heavy (non-hydrogen) atoms. The first-order chi connectivity index (χ1) is 7.17. The molecule has 1 atom stereocenters. The van der Waals surface area contributed by atoms with Gasteiger partial charge in [-0.2, -0.15) is 0 Å². The Hall–Kier alpha value is -1.55. The molecule has 0 radical (unpaired) electrons. The lowest BCUT2D eigenvalue weighted by Crippen LogP contribution is -2.42. The Labute approximate surface area is 89.8 Å². The fourth-order valence-electron chi connectivity index (χ4n) is 1.39. The number of anilines is 1. The van der Waals surface area contributed by atoms with Crippen molar-refractivity contribution in [1.82, 2.24) is 5.43 Å². The van der Waals surface area contributed by atoms with Gasteiger partial charge >= 0.3 is 0 Å². The van der Waals surface area contributed by atoms with Crippen LogP contribution in [0.25, 0.3) is 0 Å². The maximum atomic E-state index is 11.3. The van der Waals surface area contributed by atoms with Crippen molar-refractivity contribution in [2.24, 2.45) is 5.84 Å². The van der Waals surface area contributed by atoms with Gasteiger partial charge in [-0.1, -0.05) is 19.1 Å². The fraction of sp³-hybridized carbons (Fsp3) is 0.364. The lowest BCUT2D eigenvalue weighted by atomic mass is 10.1. The zero-order valence-electron chi connectivity index (χ0n) is 9.08. The summed E-state index contributed by atoms with van der Waals surface area (Å²) in [4.78, 5) is 11.3. The zero-order chi connectivity index (χ0) is 11.3. The van der Waals surface area contributed by atoms with Crippen molar-refractivity contribution in [3.05, 3.63) is 29.8 Å². The number of hydrazine groups is 1. The SMILES string of the molecule is CC[C@@H](Nc1cccc(C)c1)C(=O)NN. The Morgan fingerprint density at radius 3 is 2.80 bits per heavy atom. The molecule has 0 fully saturated rings. The second-order valence-corrected chi connectivity index (χ2v) is 3.48. The lowest BCUT2D eigenvalue weighted by Gasteiger charge is -2.16. The number of aryl methyl sites for hydroxylation is 1. The topological polar surface area (TPSA) is 67.2 Å². The Balaban J connectivity index is 2.70. The van der Waals surface area contributed by atoms with Crippen LogP contribution in [0.5, 0.6) is 0 Å². The molecule has 1 aromatic rings. The molecule has 1 aromatic carbocycles. The maximum absolute atomic E-state index is 11.3. The summed E-state index contributed by atoms with van der Waals surface area (Å²) in [6, 6.07) is 7.60. The second kappa shape index (κ2) is 5.36.